The van der Waals surface area contributed by atoms with Crippen molar-refractivity contribution in [2.24, 2.45) is 0 Å². The minimum absolute atomic E-state index is 0.258. The highest BCUT2D eigenvalue weighted by Gasteiger charge is 2.16. The topological polar surface area (TPSA) is 104 Å². The SMILES string of the molecule is CCc1ccc(/C=C(\SC)C(=O)N(C=O)CCCC=O)cc1.CNc1cccc(C(=O)O)c1. The van der Waals surface area contributed by atoms with Crippen LogP contribution >= 0.6 is 11.8 Å². The number of nitrogens with zero attached hydrogens (tertiary/aromatic N) is 1. The van der Waals surface area contributed by atoms with Crippen molar-refractivity contribution in [2.45, 2.75) is 26.2 Å². The van der Waals surface area contributed by atoms with Crippen LogP contribution in [0.15, 0.2) is 53.4 Å². The van der Waals surface area contributed by atoms with Gasteiger partial charge >= 0.3 is 5.97 Å². The molecule has 0 aliphatic carbocycles. The van der Waals surface area contributed by atoms with E-state index in [2.05, 4.69) is 12.2 Å². The van der Waals surface area contributed by atoms with E-state index in [1.54, 1.807) is 37.6 Å². The summed E-state index contributed by atoms with van der Waals surface area (Å²) < 4.78 is 0. The molecule has 0 aromatic heterocycles. The molecule has 2 rings (SSSR count). The lowest BCUT2D eigenvalue weighted by Crippen LogP contribution is -2.31. The number of thioether (sulfide) groups is 1. The largest absolute Gasteiger partial charge is 0.478 e. The number of carboxylic acids is 1. The lowest BCUT2D eigenvalue weighted by molar-refractivity contribution is -0.134. The van der Waals surface area contributed by atoms with E-state index in [4.69, 9.17) is 5.11 Å². The van der Waals surface area contributed by atoms with E-state index >= 15 is 0 Å². The van der Waals surface area contributed by atoms with E-state index in [1.807, 2.05) is 30.3 Å². The number of carboxylic acid groups (broad SMARTS) is 1. The molecule has 2 amide bonds. The Kier molecular flexibility index (Phi) is 12.9. The normalized spacial score (nSPS) is 10.5. The quantitative estimate of drug-likeness (QED) is 0.286. The average Bonchev–Trinajstić information content (AvgIpc) is 2.85. The van der Waals surface area contributed by atoms with Gasteiger partial charge in [-0.05, 0) is 54.5 Å². The Morgan fingerprint density at radius 2 is 1.82 bits per heavy atom. The zero-order chi connectivity index (χ0) is 24.6. The van der Waals surface area contributed by atoms with Gasteiger partial charge in [0.15, 0.2) is 0 Å². The molecule has 0 fully saturated rings. The highest BCUT2D eigenvalue weighted by atomic mass is 32.2. The number of carbonyl (C=O) groups excluding carboxylic acids is 3. The van der Waals surface area contributed by atoms with Crippen LogP contribution in [0.25, 0.3) is 6.08 Å². The number of rotatable bonds is 11. The molecular weight excluding hydrogens is 440 g/mol. The Hall–Kier alpha value is -3.39. The van der Waals surface area contributed by atoms with Crippen molar-refractivity contribution in [1.29, 1.82) is 0 Å². The van der Waals surface area contributed by atoms with Gasteiger partial charge in [0.25, 0.3) is 5.91 Å². The van der Waals surface area contributed by atoms with Gasteiger partial charge in [0.2, 0.25) is 6.41 Å². The van der Waals surface area contributed by atoms with Gasteiger partial charge in [0, 0.05) is 25.7 Å². The van der Waals surface area contributed by atoms with Crippen molar-refractivity contribution in [3.8, 4) is 0 Å². The Labute approximate surface area is 198 Å². The van der Waals surface area contributed by atoms with Crippen LogP contribution < -0.4 is 5.32 Å². The smallest absolute Gasteiger partial charge is 0.335 e. The summed E-state index contributed by atoms with van der Waals surface area (Å²) in [6, 6.07) is 14.6. The van der Waals surface area contributed by atoms with Gasteiger partial charge in [0.05, 0.1) is 10.5 Å². The molecule has 0 radical (unpaired) electrons. The second kappa shape index (κ2) is 15.4. The second-order valence-corrected chi connectivity index (χ2v) is 7.70. The molecule has 0 saturated carbocycles. The summed E-state index contributed by atoms with van der Waals surface area (Å²) in [4.78, 5) is 45.8. The van der Waals surface area contributed by atoms with Crippen molar-refractivity contribution >= 4 is 48.1 Å². The minimum Gasteiger partial charge on any atom is -0.478 e. The third-order valence-electron chi connectivity index (χ3n) is 4.62. The number of amides is 2. The standard InChI is InChI=1S/C17H21NO3S.C8H9NO2/c1-3-14-6-8-15(9-7-14)12-16(22-2)17(21)18(13-20)10-4-5-11-19;1-9-7-4-2-3-6(5-7)8(10)11/h6-9,11-13H,3-5,10H2,1-2H3;2-5,9H,1H3,(H,10,11)/b16-12-;. The molecule has 0 atom stereocenters. The van der Waals surface area contributed by atoms with E-state index in [1.165, 1.54) is 17.3 Å². The van der Waals surface area contributed by atoms with Gasteiger partial charge in [-0.2, -0.15) is 0 Å². The first-order valence-corrected chi connectivity index (χ1v) is 11.7. The number of unbranched alkanes of at least 4 members (excludes halogenated alkanes) is 1. The minimum atomic E-state index is -0.901. The highest BCUT2D eigenvalue weighted by Crippen LogP contribution is 2.19. The van der Waals surface area contributed by atoms with Crippen molar-refractivity contribution in [3.05, 3.63) is 70.1 Å². The highest BCUT2D eigenvalue weighted by molar-refractivity contribution is 8.03. The number of aromatic carboxylic acids is 1. The molecule has 0 aliphatic heterocycles. The van der Waals surface area contributed by atoms with E-state index < -0.39 is 5.97 Å². The predicted molar refractivity (Wildman–Crippen MR) is 133 cm³/mol. The molecule has 0 unspecified atom stereocenters. The van der Waals surface area contributed by atoms with Gasteiger partial charge in [-0.15, -0.1) is 11.8 Å². The lowest BCUT2D eigenvalue weighted by atomic mass is 10.1. The van der Waals surface area contributed by atoms with Gasteiger partial charge in [-0.3, -0.25) is 14.5 Å². The van der Waals surface area contributed by atoms with Crippen LogP contribution in [-0.2, 0) is 20.8 Å². The predicted octanol–water partition coefficient (Wildman–Crippen LogP) is 4.34. The van der Waals surface area contributed by atoms with Crippen LogP contribution in [0.3, 0.4) is 0 Å². The molecule has 0 aliphatic rings. The maximum Gasteiger partial charge on any atom is 0.335 e. The second-order valence-electron chi connectivity index (χ2n) is 6.86. The molecule has 0 heterocycles. The molecule has 2 N–H and O–H groups in total. The number of hydrogen-bond donors (Lipinski definition) is 2. The number of anilines is 1. The van der Waals surface area contributed by atoms with E-state index in [0.29, 0.717) is 29.7 Å². The van der Waals surface area contributed by atoms with Gasteiger partial charge < -0.3 is 15.2 Å². The van der Waals surface area contributed by atoms with Crippen LogP contribution in [0.5, 0.6) is 0 Å². The van der Waals surface area contributed by atoms with Crippen LogP contribution in [0, 0.1) is 0 Å². The van der Waals surface area contributed by atoms with Gasteiger partial charge in [-0.25, -0.2) is 4.79 Å². The van der Waals surface area contributed by atoms with E-state index in [-0.39, 0.29) is 12.5 Å². The fourth-order valence-corrected chi connectivity index (χ4v) is 3.25. The number of hydrogen-bond acceptors (Lipinski definition) is 6. The summed E-state index contributed by atoms with van der Waals surface area (Å²) in [5.74, 6) is -1.23. The zero-order valence-electron chi connectivity index (χ0n) is 19.1. The van der Waals surface area contributed by atoms with Crippen molar-refractivity contribution in [1.82, 2.24) is 4.90 Å². The maximum atomic E-state index is 12.3. The molecule has 7 nitrogen and oxygen atoms in total. The molecule has 8 heteroatoms. The fourth-order valence-electron chi connectivity index (χ4n) is 2.71. The Bertz CT molecular complexity index is 958. The molecule has 0 bridgehead atoms. The molecule has 176 valence electrons. The van der Waals surface area contributed by atoms with Crippen LogP contribution in [0.1, 0.15) is 41.3 Å². The summed E-state index contributed by atoms with van der Waals surface area (Å²) in [6.45, 7) is 2.34. The maximum absolute atomic E-state index is 12.3. The third kappa shape index (κ3) is 9.74. The molecule has 0 spiro atoms. The first kappa shape index (κ1) is 27.6. The van der Waals surface area contributed by atoms with Crippen molar-refractivity contribution in [2.75, 3.05) is 25.2 Å². The van der Waals surface area contributed by atoms with Crippen LogP contribution in [-0.4, -0.2) is 54.4 Å². The molecule has 33 heavy (non-hydrogen) atoms. The number of carbonyl (C=O) groups is 4. The summed E-state index contributed by atoms with van der Waals surface area (Å²) >= 11 is 1.31. The summed E-state index contributed by atoms with van der Waals surface area (Å²) in [6.07, 6.45) is 6.69. The van der Waals surface area contributed by atoms with Crippen molar-refractivity contribution in [3.63, 3.8) is 0 Å². The Morgan fingerprint density at radius 3 is 2.33 bits per heavy atom. The molecule has 0 saturated heterocycles. The van der Waals surface area contributed by atoms with Gasteiger partial charge in [-0.1, -0.05) is 37.3 Å². The summed E-state index contributed by atoms with van der Waals surface area (Å²) in [5, 5.41) is 11.4. The zero-order valence-corrected chi connectivity index (χ0v) is 19.9. The summed E-state index contributed by atoms with van der Waals surface area (Å²) in [7, 11) is 1.75. The number of aryl methyl sites for hydroxylation is 1. The van der Waals surface area contributed by atoms with E-state index in [0.717, 1.165) is 28.9 Å². The first-order chi connectivity index (χ1) is 15.9. The van der Waals surface area contributed by atoms with Crippen LogP contribution in [0.2, 0.25) is 0 Å². The number of imide groups is 1. The van der Waals surface area contributed by atoms with Crippen molar-refractivity contribution < 1.29 is 24.3 Å². The first-order valence-electron chi connectivity index (χ1n) is 10.5. The molecule has 2 aromatic rings. The van der Waals surface area contributed by atoms with Gasteiger partial charge in [0.1, 0.15) is 6.29 Å². The monoisotopic (exact) mass is 470 g/mol. The van der Waals surface area contributed by atoms with Crippen LogP contribution in [0.4, 0.5) is 5.69 Å². The van der Waals surface area contributed by atoms with E-state index in [9.17, 15) is 19.2 Å². The molecule has 2 aromatic carbocycles. The Balaban J connectivity index is 0.000000412. The number of benzene rings is 2. The average molecular weight is 471 g/mol. The summed E-state index contributed by atoms with van der Waals surface area (Å²) in [5.41, 5.74) is 3.27. The number of aldehydes is 1. The lowest BCUT2D eigenvalue weighted by Gasteiger charge is -2.16. The third-order valence-corrected chi connectivity index (χ3v) is 5.36. The molecular formula is C25H30N2O5S. The number of nitrogens with one attached hydrogen (secondary N) is 1. The fraction of sp³-hybridized carbons (Fsp3) is 0.280. The Morgan fingerprint density at radius 1 is 1.12 bits per heavy atom.